The van der Waals surface area contributed by atoms with Gasteiger partial charge in [0, 0.05) is 44.3 Å². The van der Waals surface area contributed by atoms with Crippen molar-refractivity contribution in [1.29, 1.82) is 0 Å². The lowest BCUT2D eigenvalue weighted by molar-refractivity contribution is -0.145. The van der Waals surface area contributed by atoms with Crippen LogP contribution in [-0.4, -0.2) is 56.8 Å². The maximum absolute atomic E-state index is 12.9. The number of rotatable bonds is 4. The van der Waals surface area contributed by atoms with Crippen molar-refractivity contribution in [3.05, 3.63) is 35.4 Å². The number of nitrogens with zero attached hydrogens (tertiary/aromatic N) is 2. The zero-order chi connectivity index (χ0) is 21.6. The summed E-state index contributed by atoms with van der Waals surface area (Å²) in [6.45, 7) is 9.53. The molecule has 5 heteroatoms. The van der Waals surface area contributed by atoms with E-state index in [0.29, 0.717) is 5.92 Å². The fraction of sp³-hybridized carbons (Fsp3) is 0.654. The van der Waals surface area contributed by atoms with Crippen LogP contribution in [0.4, 0.5) is 5.69 Å². The Labute approximate surface area is 186 Å². The molecule has 31 heavy (non-hydrogen) atoms. The molecule has 0 spiro atoms. The molecule has 2 saturated heterocycles. The summed E-state index contributed by atoms with van der Waals surface area (Å²) in [5, 5.41) is 0. The van der Waals surface area contributed by atoms with E-state index in [2.05, 4.69) is 35.8 Å². The number of esters is 1. The van der Waals surface area contributed by atoms with E-state index in [1.807, 2.05) is 12.1 Å². The Balaban J connectivity index is 1.22. The van der Waals surface area contributed by atoms with Crippen molar-refractivity contribution >= 4 is 11.7 Å². The summed E-state index contributed by atoms with van der Waals surface area (Å²) in [5.74, 6) is 1.34. The number of allylic oxidation sites excluding steroid dienone is 2. The summed E-state index contributed by atoms with van der Waals surface area (Å²) in [6, 6.07) is 8.31. The average Bonchev–Trinajstić information content (AvgIpc) is 3.06. The van der Waals surface area contributed by atoms with Gasteiger partial charge in [-0.2, -0.15) is 0 Å². The number of benzene rings is 1. The van der Waals surface area contributed by atoms with Crippen LogP contribution < -0.4 is 9.64 Å². The molecule has 0 bridgehead atoms. The average molecular weight is 425 g/mol. The van der Waals surface area contributed by atoms with E-state index in [0.717, 1.165) is 51.3 Å². The molecule has 1 saturated carbocycles. The van der Waals surface area contributed by atoms with Crippen LogP contribution in [0.5, 0.6) is 5.75 Å². The van der Waals surface area contributed by atoms with Gasteiger partial charge in [-0.15, -0.1) is 0 Å². The van der Waals surface area contributed by atoms with Crippen LogP contribution in [-0.2, 0) is 9.53 Å². The predicted molar refractivity (Wildman–Crippen MR) is 122 cm³/mol. The van der Waals surface area contributed by atoms with Gasteiger partial charge in [-0.1, -0.05) is 18.1 Å². The number of carbonyl (C=O) groups is 1. The first-order chi connectivity index (χ1) is 15.0. The topological polar surface area (TPSA) is 42.0 Å². The van der Waals surface area contributed by atoms with Crippen molar-refractivity contribution in [2.45, 2.75) is 52.1 Å². The molecule has 1 aromatic carbocycles. The van der Waals surface area contributed by atoms with Crippen LogP contribution in [0.1, 0.15) is 46.0 Å². The molecule has 4 aliphatic rings. The molecule has 2 aliphatic carbocycles. The fourth-order valence-electron chi connectivity index (χ4n) is 6.58. The Kier molecular flexibility index (Phi) is 5.49. The molecule has 2 aliphatic heterocycles. The smallest absolute Gasteiger partial charge is 0.310 e. The number of carbonyl (C=O) groups excluding carboxylic acids is 1. The number of piperazine rings is 1. The lowest BCUT2D eigenvalue weighted by atomic mass is 9.59. The van der Waals surface area contributed by atoms with Crippen LogP contribution in [0.15, 0.2) is 35.4 Å². The summed E-state index contributed by atoms with van der Waals surface area (Å²) < 4.78 is 11.2. The molecule has 0 unspecified atom stereocenters. The van der Waals surface area contributed by atoms with E-state index in [9.17, 15) is 4.79 Å². The van der Waals surface area contributed by atoms with E-state index in [4.69, 9.17) is 9.47 Å². The highest BCUT2D eigenvalue weighted by atomic mass is 16.6. The Morgan fingerprint density at radius 3 is 2.61 bits per heavy atom. The zero-order valence-electron chi connectivity index (χ0n) is 19.2. The summed E-state index contributed by atoms with van der Waals surface area (Å²) in [4.78, 5) is 17.8. The molecule has 0 N–H and O–H groups in total. The van der Waals surface area contributed by atoms with E-state index in [1.54, 1.807) is 18.3 Å². The van der Waals surface area contributed by atoms with E-state index in [1.165, 1.54) is 24.9 Å². The summed E-state index contributed by atoms with van der Waals surface area (Å²) in [6.07, 6.45) is 5.97. The molecule has 5 rings (SSSR count). The number of ether oxygens (including phenoxy) is 2. The maximum atomic E-state index is 12.9. The van der Waals surface area contributed by atoms with Gasteiger partial charge in [-0.3, -0.25) is 9.69 Å². The Bertz CT molecular complexity index is 856. The first kappa shape index (κ1) is 20.9. The zero-order valence-corrected chi connectivity index (χ0v) is 19.2. The largest absolute Gasteiger partial charge is 0.497 e. The predicted octanol–water partition coefficient (Wildman–Crippen LogP) is 4.28. The third-order valence-corrected chi connectivity index (χ3v) is 8.44. The van der Waals surface area contributed by atoms with Gasteiger partial charge in [0.25, 0.3) is 0 Å². The molecule has 4 atom stereocenters. The minimum atomic E-state index is 0.0318. The van der Waals surface area contributed by atoms with Crippen LogP contribution in [0, 0.1) is 17.3 Å². The molecule has 3 fully saturated rings. The second-order valence-electron chi connectivity index (χ2n) is 10.3. The molecule has 1 aromatic rings. The minimum Gasteiger partial charge on any atom is -0.497 e. The quantitative estimate of drug-likeness (QED) is 0.533. The van der Waals surface area contributed by atoms with Crippen molar-refractivity contribution in [1.82, 2.24) is 4.90 Å². The number of hydrogen-bond acceptors (Lipinski definition) is 5. The lowest BCUT2D eigenvalue weighted by Crippen LogP contribution is -2.49. The van der Waals surface area contributed by atoms with Gasteiger partial charge in [0.05, 0.1) is 13.0 Å². The van der Waals surface area contributed by atoms with E-state index in [-0.39, 0.29) is 23.4 Å². The molecule has 0 amide bonds. The fourth-order valence-corrected chi connectivity index (χ4v) is 6.58. The minimum absolute atomic E-state index is 0.0318. The lowest BCUT2D eigenvalue weighted by Gasteiger charge is -2.46. The highest BCUT2D eigenvalue weighted by Crippen LogP contribution is 2.55. The second-order valence-corrected chi connectivity index (χ2v) is 10.3. The Morgan fingerprint density at radius 1 is 1.16 bits per heavy atom. The Hall–Kier alpha value is -2.01. The number of methoxy groups -OCH3 is 1. The van der Waals surface area contributed by atoms with Crippen molar-refractivity contribution in [3.8, 4) is 5.75 Å². The summed E-state index contributed by atoms with van der Waals surface area (Å²) >= 11 is 0. The number of anilines is 1. The van der Waals surface area contributed by atoms with E-state index < -0.39 is 0 Å². The molecule has 5 nitrogen and oxygen atoms in total. The standard InChI is InChI=1S/C26H36N2O3/c1-18-5-4-10-26(2)16-24-21(15-23(18)26)22(25(29)31-24)17-27-11-13-28(14-12-27)19-6-8-20(30-3)9-7-19/h6-9,21-22,24H,4-5,10-17H2,1-3H3/t21-,22-,24+,26+/m0/s1. The first-order valence-corrected chi connectivity index (χ1v) is 12.0. The van der Waals surface area contributed by atoms with Crippen LogP contribution in [0.25, 0.3) is 0 Å². The van der Waals surface area contributed by atoms with Crippen molar-refractivity contribution in [3.63, 3.8) is 0 Å². The normalized spacial score (nSPS) is 33.7. The van der Waals surface area contributed by atoms with Crippen LogP contribution in [0.2, 0.25) is 0 Å². The molecular formula is C26H36N2O3. The SMILES string of the molecule is COc1ccc(N2CCN(C[C@@H]3C(=O)O[C@@H]4C[C@@]5(C)CCCC(C)=C5C[C@@H]34)CC2)cc1. The number of hydrogen-bond donors (Lipinski definition) is 0. The van der Waals surface area contributed by atoms with Gasteiger partial charge in [0.15, 0.2) is 0 Å². The Morgan fingerprint density at radius 2 is 1.90 bits per heavy atom. The summed E-state index contributed by atoms with van der Waals surface area (Å²) in [7, 11) is 1.70. The third kappa shape index (κ3) is 3.86. The van der Waals surface area contributed by atoms with E-state index >= 15 is 0 Å². The second kappa shape index (κ2) is 8.16. The van der Waals surface area contributed by atoms with Gasteiger partial charge in [-0.25, -0.2) is 0 Å². The monoisotopic (exact) mass is 424 g/mol. The molecular weight excluding hydrogens is 388 g/mol. The van der Waals surface area contributed by atoms with Gasteiger partial charge >= 0.3 is 5.97 Å². The van der Waals surface area contributed by atoms with Gasteiger partial charge in [0.2, 0.25) is 0 Å². The third-order valence-electron chi connectivity index (χ3n) is 8.44. The number of fused-ring (bicyclic) bond motifs is 2. The highest BCUT2D eigenvalue weighted by molar-refractivity contribution is 5.76. The van der Waals surface area contributed by atoms with Crippen molar-refractivity contribution < 1.29 is 14.3 Å². The van der Waals surface area contributed by atoms with Crippen LogP contribution >= 0.6 is 0 Å². The molecule has 168 valence electrons. The van der Waals surface area contributed by atoms with Crippen LogP contribution in [0.3, 0.4) is 0 Å². The van der Waals surface area contributed by atoms with Crippen molar-refractivity contribution in [2.75, 3.05) is 44.7 Å². The maximum Gasteiger partial charge on any atom is 0.310 e. The molecule has 2 heterocycles. The first-order valence-electron chi connectivity index (χ1n) is 12.0. The van der Waals surface area contributed by atoms with Crippen molar-refractivity contribution in [2.24, 2.45) is 17.3 Å². The van der Waals surface area contributed by atoms with Gasteiger partial charge in [0.1, 0.15) is 11.9 Å². The molecule has 0 radical (unpaired) electrons. The van der Waals surface area contributed by atoms with Gasteiger partial charge < -0.3 is 14.4 Å². The van der Waals surface area contributed by atoms with Gasteiger partial charge in [-0.05, 0) is 68.7 Å². The molecule has 0 aromatic heterocycles. The highest BCUT2D eigenvalue weighted by Gasteiger charge is 2.53. The summed E-state index contributed by atoms with van der Waals surface area (Å²) in [5.41, 5.74) is 4.72.